The zero-order valence-electron chi connectivity index (χ0n) is 13.6. The van der Waals surface area contributed by atoms with Crippen LogP contribution in [0.1, 0.15) is 25.5 Å². The molecule has 0 spiro atoms. The molecule has 3 rings (SSSR count). The maximum atomic E-state index is 12.5. The van der Waals surface area contributed by atoms with Crippen LogP contribution in [-0.4, -0.2) is 43.3 Å². The van der Waals surface area contributed by atoms with Gasteiger partial charge in [0.05, 0.1) is 11.5 Å². The highest BCUT2D eigenvalue weighted by Crippen LogP contribution is 2.21. The van der Waals surface area contributed by atoms with Gasteiger partial charge < -0.3 is 9.32 Å². The number of benzene rings is 1. The maximum Gasteiger partial charge on any atom is 0.246 e. The molecule has 1 fully saturated rings. The minimum Gasteiger partial charge on any atom is -0.457 e. The zero-order valence-corrected chi connectivity index (χ0v) is 14.5. The van der Waals surface area contributed by atoms with Crippen molar-refractivity contribution in [3.05, 3.63) is 42.2 Å². The van der Waals surface area contributed by atoms with Gasteiger partial charge in [-0.25, -0.2) is 8.42 Å². The van der Waals surface area contributed by atoms with Crippen molar-refractivity contribution in [2.24, 2.45) is 0 Å². The van der Waals surface area contributed by atoms with Crippen LogP contribution in [0.2, 0.25) is 0 Å². The number of rotatable bonds is 5. The number of hydrogen-bond acceptors (Lipinski definition) is 4. The summed E-state index contributed by atoms with van der Waals surface area (Å²) < 4.78 is 29.0. The Bertz CT molecular complexity index is 833. The van der Waals surface area contributed by atoms with Crippen molar-refractivity contribution >= 4 is 32.8 Å². The molecular formula is C18H21NO4S. The maximum absolute atomic E-state index is 12.5. The molecule has 1 aromatic carbocycles. The summed E-state index contributed by atoms with van der Waals surface area (Å²) >= 11 is 0. The number of nitrogens with zero attached hydrogens (tertiary/aromatic N) is 1. The first-order chi connectivity index (χ1) is 11.5. The van der Waals surface area contributed by atoms with Crippen LogP contribution in [0.25, 0.3) is 17.0 Å². The fourth-order valence-corrected chi connectivity index (χ4v) is 4.80. The van der Waals surface area contributed by atoms with Crippen LogP contribution in [0.3, 0.4) is 0 Å². The van der Waals surface area contributed by atoms with Gasteiger partial charge >= 0.3 is 0 Å². The highest BCUT2D eigenvalue weighted by atomic mass is 32.2. The number of furan rings is 1. The highest BCUT2D eigenvalue weighted by Gasteiger charge is 2.33. The fourth-order valence-electron chi connectivity index (χ4n) is 3.07. The lowest BCUT2D eigenvalue weighted by molar-refractivity contribution is -0.127. The Balaban J connectivity index is 1.75. The van der Waals surface area contributed by atoms with E-state index >= 15 is 0 Å². The van der Waals surface area contributed by atoms with Crippen LogP contribution >= 0.6 is 0 Å². The van der Waals surface area contributed by atoms with Gasteiger partial charge in [-0.1, -0.05) is 25.1 Å². The molecule has 0 aliphatic carbocycles. The molecule has 0 N–H and O–H groups in total. The average molecular weight is 347 g/mol. The SMILES string of the molecule is CCCN(C(=O)/C=C/c1cc2ccccc2o1)C1CCS(=O)(=O)C1. The molecule has 1 aliphatic rings. The van der Waals surface area contributed by atoms with E-state index in [1.54, 1.807) is 11.0 Å². The van der Waals surface area contributed by atoms with Gasteiger partial charge in [0.25, 0.3) is 0 Å². The third-order valence-electron chi connectivity index (χ3n) is 4.23. The van der Waals surface area contributed by atoms with Crippen LogP contribution in [0.5, 0.6) is 0 Å². The smallest absolute Gasteiger partial charge is 0.246 e. The molecule has 0 saturated carbocycles. The van der Waals surface area contributed by atoms with Crippen LogP contribution in [0.4, 0.5) is 0 Å². The van der Waals surface area contributed by atoms with E-state index < -0.39 is 9.84 Å². The Morgan fingerprint density at radius 1 is 1.38 bits per heavy atom. The third kappa shape index (κ3) is 3.70. The van der Waals surface area contributed by atoms with Gasteiger partial charge in [-0.3, -0.25) is 4.79 Å². The topological polar surface area (TPSA) is 67.6 Å². The molecular weight excluding hydrogens is 326 g/mol. The second-order valence-electron chi connectivity index (χ2n) is 6.11. The van der Waals surface area contributed by atoms with E-state index in [0.29, 0.717) is 18.7 Å². The molecule has 5 nitrogen and oxygen atoms in total. The first-order valence-electron chi connectivity index (χ1n) is 8.16. The molecule has 0 radical (unpaired) electrons. The summed E-state index contributed by atoms with van der Waals surface area (Å²) in [6.07, 6.45) is 4.43. The van der Waals surface area contributed by atoms with Crippen molar-refractivity contribution in [3.63, 3.8) is 0 Å². The molecule has 1 saturated heterocycles. The molecule has 6 heteroatoms. The highest BCUT2D eigenvalue weighted by molar-refractivity contribution is 7.91. The lowest BCUT2D eigenvalue weighted by Crippen LogP contribution is -2.40. The van der Waals surface area contributed by atoms with Crippen molar-refractivity contribution in [2.75, 3.05) is 18.1 Å². The molecule has 1 unspecified atom stereocenters. The van der Waals surface area contributed by atoms with Gasteiger partial charge in [0.1, 0.15) is 11.3 Å². The summed E-state index contributed by atoms with van der Waals surface area (Å²) in [6.45, 7) is 2.54. The summed E-state index contributed by atoms with van der Waals surface area (Å²) in [6, 6.07) is 9.31. The Hall–Kier alpha value is -2.08. The van der Waals surface area contributed by atoms with Crippen molar-refractivity contribution in [3.8, 4) is 0 Å². The molecule has 128 valence electrons. The van der Waals surface area contributed by atoms with Gasteiger partial charge in [-0.15, -0.1) is 0 Å². The van der Waals surface area contributed by atoms with Gasteiger partial charge in [-0.2, -0.15) is 0 Å². The number of fused-ring (bicyclic) bond motifs is 1. The Labute approximate surface area is 141 Å². The summed E-state index contributed by atoms with van der Waals surface area (Å²) in [5.41, 5.74) is 0.775. The van der Waals surface area contributed by atoms with Gasteiger partial charge in [0.2, 0.25) is 5.91 Å². The van der Waals surface area contributed by atoms with Crippen LogP contribution in [0.15, 0.2) is 40.8 Å². The van der Waals surface area contributed by atoms with Crippen molar-refractivity contribution < 1.29 is 17.6 Å². The van der Waals surface area contributed by atoms with E-state index in [-0.39, 0.29) is 23.5 Å². The number of sulfone groups is 1. The summed E-state index contributed by atoms with van der Waals surface area (Å²) in [7, 11) is -3.01. The second kappa shape index (κ2) is 6.81. The number of carbonyl (C=O) groups is 1. The van der Waals surface area contributed by atoms with Crippen LogP contribution in [0, 0.1) is 0 Å². The van der Waals surface area contributed by atoms with E-state index in [2.05, 4.69) is 0 Å². The number of carbonyl (C=O) groups excluding carboxylic acids is 1. The molecule has 2 heterocycles. The van der Waals surface area contributed by atoms with Crippen LogP contribution in [-0.2, 0) is 14.6 Å². The minimum absolute atomic E-state index is 0.0667. The largest absolute Gasteiger partial charge is 0.457 e. The molecule has 1 amide bonds. The van der Waals surface area contributed by atoms with Crippen LogP contribution < -0.4 is 0 Å². The first-order valence-corrected chi connectivity index (χ1v) is 9.98. The number of para-hydroxylation sites is 1. The molecule has 0 bridgehead atoms. The summed E-state index contributed by atoms with van der Waals surface area (Å²) in [5.74, 6) is 0.676. The van der Waals surface area contributed by atoms with Crippen molar-refractivity contribution in [2.45, 2.75) is 25.8 Å². The van der Waals surface area contributed by atoms with E-state index in [4.69, 9.17) is 4.42 Å². The zero-order chi connectivity index (χ0) is 17.2. The summed E-state index contributed by atoms with van der Waals surface area (Å²) in [4.78, 5) is 14.2. The lowest BCUT2D eigenvalue weighted by atomic mass is 10.2. The second-order valence-corrected chi connectivity index (χ2v) is 8.34. The molecule has 2 aromatic rings. The first kappa shape index (κ1) is 16.8. The minimum atomic E-state index is -3.01. The average Bonchev–Trinajstić information content (AvgIpc) is 3.12. The molecule has 24 heavy (non-hydrogen) atoms. The van der Waals surface area contributed by atoms with Crippen molar-refractivity contribution in [1.82, 2.24) is 4.90 Å². The van der Waals surface area contributed by atoms with Gasteiger partial charge in [0.15, 0.2) is 9.84 Å². The van der Waals surface area contributed by atoms with E-state index in [1.165, 1.54) is 6.08 Å². The Kier molecular flexibility index (Phi) is 4.76. The fraction of sp³-hybridized carbons (Fsp3) is 0.389. The van der Waals surface area contributed by atoms with E-state index in [1.807, 2.05) is 37.3 Å². The normalized spacial score (nSPS) is 20.0. The molecule has 1 aliphatic heterocycles. The quantitative estimate of drug-likeness (QED) is 0.780. The summed E-state index contributed by atoms with van der Waals surface area (Å²) in [5, 5.41) is 0.983. The third-order valence-corrected chi connectivity index (χ3v) is 5.98. The lowest BCUT2D eigenvalue weighted by Gasteiger charge is -2.26. The molecule has 1 aromatic heterocycles. The Morgan fingerprint density at radius 3 is 2.83 bits per heavy atom. The van der Waals surface area contributed by atoms with Crippen molar-refractivity contribution in [1.29, 1.82) is 0 Å². The standard InChI is InChI=1S/C18H21NO4S/c1-2-10-19(15-9-11-24(21,22)13-15)18(20)8-7-16-12-14-5-3-4-6-17(14)23-16/h3-8,12,15H,2,9-11,13H2,1H3/b8-7+. The van der Waals surface area contributed by atoms with Gasteiger partial charge in [0, 0.05) is 24.0 Å². The number of amides is 1. The predicted octanol–water partition coefficient (Wildman–Crippen LogP) is 2.87. The van der Waals surface area contributed by atoms with Gasteiger partial charge in [-0.05, 0) is 31.1 Å². The monoisotopic (exact) mass is 347 g/mol. The van der Waals surface area contributed by atoms with E-state index in [9.17, 15) is 13.2 Å². The number of hydrogen-bond donors (Lipinski definition) is 0. The molecule has 1 atom stereocenters. The van der Waals surface area contributed by atoms with E-state index in [0.717, 1.165) is 17.4 Å². The Morgan fingerprint density at radius 2 is 2.17 bits per heavy atom. The predicted molar refractivity (Wildman–Crippen MR) is 94.3 cm³/mol.